The lowest BCUT2D eigenvalue weighted by Crippen LogP contribution is -2.47. The molecule has 1 aromatic carbocycles. The zero-order valence-corrected chi connectivity index (χ0v) is 13.9. The quantitative estimate of drug-likeness (QED) is 0.789. The van der Waals surface area contributed by atoms with Gasteiger partial charge < -0.3 is 0 Å². The summed E-state index contributed by atoms with van der Waals surface area (Å²) in [5.41, 5.74) is 0.562. The summed E-state index contributed by atoms with van der Waals surface area (Å²) < 4.78 is 47.9. The maximum atomic E-state index is 13.0. The number of benzene rings is 1. The van der Waals surface area contributed by atoms with Crippen LogP contribution in [-0.2, 0) is 18.9 Å². The molecule has 0 N–H and O–H groups in total. The summed E-state index contributed by atoms with van der Waals surface area (Å²) in [6, 6.07) is 6.47. The predicted molar refractivity (Wildman–Crippen MR) is 83.6 cm³/mol. The Balaban J connectivity index is 2.70. The molecule has 2 rings (SSSR count). The highest BCUT2D eigenvalue weighted by molar-refractivity contribution is 8.15. The molecule has 0 fully saturated rings. The highest BCUT2D eigenvalue weighted by Gasteiger charge is 2.50. The van der Waals surface area contributed by atoms with Crippen LogP contribution in [0.1, 0.15) is 12.5 Å². The molecule has 4 nitrogen and oxygen atoms in total. The van der Waals surface area contributed by atoms with Crippen LogP contribution in [-0.4, -0.2) is 26.8 Å². The van der Waals surface area contributed by atoms with Gasteiger partial charge in [0.05, 0.1) is 4.90 Å². The van der Waals surface area contributed by atoms with Crippen molar-refractivity contribution < 1.29 is 16.8 Å². The number of sulfone groups is 1. The number of halogens is 1. The highest BCUT2D eigenvalue weighted by Crippen LogP contribution is 2.38. The van der Waals surface area contributed by atoms with Gasteiger partial charge in [0.15, 0.2) is 9.84 Å². The van der Waals surface area contributed by atoms with E-state index in [4.69, 9.17) is 10.7 Å². The molecule has 0 saturated carbocycles. The van der Waals surface area contributed by atoms with E-state index >= 15 is 0 Å². The van der Waals surface area contributed by atoms with Crippen molar-refractivity contribution in [2.45, 2.75) is 28.7 Å². The molecule has 1 aliphatic rings. The fourth-order valence-corrected chi connectivity index (χ4v) is 6.84. The first kappa shape index (κ1) is 16.3. The Morgan fingerprint density at radius 1 is 1.10 bits per heavy atom. The van der Waals surface area contributed by atoms with Gasteiger partial charge in [0.2, 0.25) is 9.05 Å². The van der Waals surface area contributed by atoms with Gasteiger partial charge in [-0.15, -0.1) is 0 Å². The molecule has 0 saturated heterocycles. The van der Waals surface area contributed by atoms with Crippen LogP contribution < -0.4 is 0 Å². The number of hydrogen-bond donors (Lipinski definition) is 0. The SMILES string of the molecule is Cc1ccccc1S(=O)(=O)C1(C)C=CC=CC1S(=O)(=O)Cl. The zero-order chi connectivity index (χ0) is 15.9. The van der Waals surface area contributed by atoms with Crippen LogP contribution in [0.4, 0.5) is 0 Å². The van der Waals surface area contributed by atoms with Crippen LogP contribution in [0.5, 0.6) is 0 Å². The van der Waals surface area contributed by atoms with Crippen LogP contribution >= 0.6 is 10.7 Å². The third-order valence-corrected chi connectivity index (χ3v) is 8.22. The summed E-state index contributed by atoms with van der Waals surface area (Å²) in [5, 5.41) is -1.33. The average molecular weight is 347 g/mol. The molecule has 2 unspecified atom stereocenters. The first-order valence-electron chi connectivity index (χ1n) is 6.20. The van der Waals surface area contributed by atoms with Gasteiger partial charge in [-0.05, 0) is 25.5 Å². The van der Waals surface area contributed by atoms with E-state index in [2.05, 4.69) is 0 Å². The summed E-state index contributed by atoms with van der Waals surface area (Å²) in [5.74, 6) is 0. The van der Waals surface area contributed by atoms with E-state index in [9.17, 15) is 16.8 Å². The number of hydrogen-bond acceptors (Lipinski definition) is 4. The Morgan fingerprint density at radius 2 is 1.71 bits per heavy atom. The van der Waals surface area contributed by atoms with E-state index in [1.54, 1.807) is 25.1 Å². The van der Waals surface area contributed by atoms with Gasteiger partial charge in [-0.1, -0.05) is 42.5 Å². The summed E-state index contributed by atoms with van der Waals surface area (Å²) >= 11 is 0. The minimum absolute atomic E-state index is 0.109. The first-order valence-corrected chi connectivity index (χ1v) is 10.1. The fourth-order valence-electron chi connectivity index (χ4n) is 2.41. The van der Waals surface area contributed by atoms with E-state index < -0.39 is 28.9 Å². The Bertz CT molecular complexity index is 822. The number of allylic oxidation sites excluding steroid dienone is 2. The smallest absolute Gasteiger partial charge is 0.223 e. The molecule has 0 aliphatic heterocycles. The van der Waals surface area contributed by atoms with Gasteiger partial charge in [0, 0.05) is 10.7 Å². The Kier molecular flexibility index (Phi) is 4.08. The Labute approximate surface area is 129 Å². The molecule has 0 radical (unpaired) electrons. The van der Waals surface area contributed by atoms with Gasteiger partial charge in [-0.25, -0.2) is 16.8 Å². The zero-order valence-electron chi connectivity index (χ0n) is 11.5. The minimum Gasteiger partial charge on any atom is -0.223 e. The molecular formula is C14H15ClO4S2. The standard InChI is InChI=1S/C14H15ClO4S2/c1-11-7-3-4-8-12(11)20(16,17)14(2)10-6-5-9-13(14)21(15,18)19/h3-10,13H,1-2H3. The molecule has 0 spiro atoms. The highest BCUT2D eigenvalue weighted by atomic mass is 35.7. The Hall–Kier alpha value is -1.11. The molecule has 0 bridgehead atoms. The van der Waals surface area contributed by atoms with Crippen molar-refractivity contribution in [3.8, 4) is 0 Å². The summed E-state index contributed by atoms with van der Waals surface area (Å²) in [7, 11) is -2.56. The fraction of sp³-hybridized carbons (Fsp3) is 0.286. The topological polar surface area (TPSA) is 68.3 Å². The molecular weight excluding hydrogens is 332 g/mol. The lowest BCUT2D eigenvalue weighted by atomic mass is 10.0. The molecule has 1 aromatic rings. The maximum absolute atomic E-state index is 13.0. The molecule has 0 aromatic heterocycles. The molecule has 21 heavy (non-hydrogen) atoms. The molecule has 0 heterocycles. The van der Waals surface area contributed by atoms with Crippen LogP contribution in [0.3, 0.4) is 0 Å². The second kappa shape index (κ2) is 5.26. The van der Waals surface area contributed by atoms with E-state index in [1.807, 2.05) is 0 Å². The largest absolute Gasteiger partial charge is 0.240 e. The van der Waals surface area contributed by atoms with Crippen LogP contribution in [0.2, 0.25) is 0 Å². The van der Waals surface area contributed by atoms with Gasteiger partial charge in [0.25, 0.3) is 0 Å². The lowest BCUT2D eigenvalue weighted by molar-refractivity contribution is 0.550. The third-order valence-electron chi connectivity index (χ3n) is 3.65. The summed E-state index contributed by atoms with van der Waals surface area (Å²) in [4.78, 5) is 0.109. The van der Waals surface area contributed by atoms with Crippen LogP contribution in [0.15, 0.2) is 53.5 Å². The van der Waals surface area contributed by atoms with Gasteiger partial charge >= 0.3 is 0 Å². The third kappa shape index (κ3) is 2.67. The monoisotopic (exact) mass is 346 g/mol. The summed E-state index contributed by atoms with van der Waals surface area (Å²) in [6.07, 6.45) is 5.69. The Morgan fingerprint density at radius 3 is 2.29 bits per heavy atom. The van der Waals surface area contributed by atoms with E-state index in [1.165, 1.54) is 37.3 Å². The van der Waals surface area contributed by atoms with Crippen molar-refractivity contribution in [1.82, 2.24) is 0 Å². The molecule has 7 heteroatoms. The second-order valence-corrected chi connectivity index (χ2v) is 10.2. The van der Waals surface area contributed by atoms with Crippen molar-refractivity contribution in [3.63, 3.8) is 0 Å². The lowest BCUT2D eigenvalue weighted by Gasteiger charge is -2.33. The number of rotatable bonds is 3. The van der Waals surface area contributed by atoms with Gasteiger partial charge in [-0.3, -0.25) is 0 Å². The van der Waals surface area contributed by atoms with Crippen molar-refractivity contribution >= 4 is 29.6 Å². The van der Waals surface area contributed by atoms with Gasteiger partial charge in [0.1, 0.15) is 10.00 Å². The van der Waals surface area contributed by atoms with Crippen molar-refractivity contribution in [3.05, 3.63) is 54.1 Å². The van der Waals surface area contributed by atoms with Gasteiger partial charge in [-0.2, -0.15) is 0 Å². The van der Waals surface area contributed by atoms with E-state index in [-0.39, 0.29) is 4.90 Å². The van der Waals surface area contributed by atoms with Crippen LogP contribution in [0.25, 0.3) is 0 Å². The molecule has 0 amide bonds. The maximum Gasteiger partial charge on any atom is 0.240 e. The molecule has 2 atom stereocenters. The van der Waals surface area contributed by atoms with E-state index in [0.717, 1.165) is 0 Å². The number of aryl methyl sites for hydroxylation is 1. The van der Waals surface area contributed by atoms with Crippen molar-refractivity contribution in [1.29, 1.82) is 0 Å². The van der Waals surface area contributed by atoms with Crippen molar-refractivity contribution in [2.75, 3.05) is 0 Å². The van der Waals surface area contributed by atoms with E-state index in [0.29, 0.717) is 5.56 Å². The first-order chi connectivity index (χ1) is 9.61. The van der Waals surface area contributed by atoms with Crippen LogP contribution in [0, 0.1) is 6.92 Å². The predicted octanol–water partition coefficient (Wildman–Crippen LogP) is 2.59. The molecule has 114 valence electrons. The minimum atomic E-state index is -4.08. The van der Waals surface area contributed by atoms with Crippen molar-refractivity contribution in [2.24, 2.45) is 0 Å². The molecule has 1 aliphatic carbocycles. The average Bonchev–Trinajstić information content (AvgIpc) is 2.38. The normalized spacial score (nSPS) is 26.0. The second-order valence-electron chi connectivity index (χ2n) is 5.09. The summed E-state index contributed by atoms with van der Waals surface area (Å²) in [6.45, 7) is 3.04.